The number of ether oxygens (including phenoxy) is 2. The molecule has 2 rings (SSSR count). The van der Waals surface area contributed by atoms with E-state index in [4.69, 9.17) is 21.1 Å². The average Bonchev–Trinajstić information content (AvgIpc) is 2.70. The number of rotatable bonds is 7. The first-order valence-electron chi connectivity index (χ1n) is 9.37. The van der Waals surface area contributed by atoms with E-state index in [1.165, 1.54) is 26.4 Å². The molecule has 166 valence electrons. The number of para-hydroxylation sites is 1. The zero-order valence-corrected chi connectivity index (χ0v) is 18.7. The first-order valence-corrected chi connectivity index (χ1v) is 9.75. The van der Waals surface area contributed by atoms with Gasteiger partial charge in [0.2, 0.25) is 0 Å². The van der Waals surface area contributed by atoms with E-state index in [9.17, 15) is 14.4 Å². The van der Waals surface area contributed by atoms with Crippen LogP contribution in [0.2, 0.25) is 5.15 Å². The number of carbonyl (C=O) groups excluding carboxylic acids is 3. The lowest BCUT2D eigenvalue weighted by Gasteiger charge is -2.20. The molecule has 0 aliphatic heterocycles. The third kappa shape index (κ3) is 6.58. The number of carbonyl (C=O) groups is 3. The predicted octanol–water partition coefficient (Wildman–Crippen LogP) is 3.55. The maximum absolute atomic E-state index is 12.7. The SMILES string of the molecule is CNC(=O)c1cnc(Cl)cc1Nc1cccc(C(=O)CNC(=O)OC(C)(C)C)c1OC. The summed E-state index contributed by atoms with van der Waals surface area (Å²) in [4.78, 5) is 40.6. The maximum Gasteiger partial charge on any atom is 0.408 e. The first kappa shape index (κ1) is 23.9. The van der Waals surface area contributed by atoms with Crippen LogP contribution in [0.5, 0.6) is 5.75 Å². The highest BCUT2D eigenvalue weighted by atomic mass is 35.5. The van der Waals surface area contributed by atoms with Crippen LogP contribution in [-0.4, -0.2) is 49.1 Å². The number of pyridine rings is 1. The Morgan fingerprint density at radius 2 is 1.84 bits per heavy atom. The molecule has 1 heterocycles. The van der Waals surface area contributed by atoms with Crippen LogP contribution in [0.25, 0.3) is 0 Å². The first-order chi connectivity index (χ1) is 14.6. The molecule has 0 bridgehead atoms. The molecule has 9 nitrogen and oxygen atoms in total. The molecule has 0 atom stereocenters. The number of aromatic nitrogens is 1. The summed E-state index contributed by atoms with van der Waals surface area (Å²) < 4.78 is 10.6. The molecule has 0 unspecified atom stereocenters. The molecule has 1 aromatic carbocycles. The number of hydrogen-bond donors (Lipinski definition) is 3. The Hall–Kier alpha value is -3.33. The van der Waals surface area contributed by atoms with Crippen molar-refractivity contribution in [3.63, 3.8) is 0 Å². The second-order valence-corrected chi connectivity index (χ2v) is 7.81. The van der Waals surface area contributed by atoms with Crippen molar-refractivity contribution in [3.8, 4) is 5.75 Å². The van der Waals surface area contributed by atoms with Gasteiger partial charge in [-0.3, -0.25) is 9.59 Å². The quantitative estimate of drug-likeness (QED) is 0.437. The van der Waals surface area contributed by atoms with Gasteiger partial charge < -0.3 is 25.4 Å². The highest BCUT2D eigenvalue weighted by Crippen LogP contribution is 2.33. The summed E-state index contributed by atoms with van der Waals surface area (Å²) in [6, 6.07) is 6.39. The zero-order chi connectivity index (χ0) is 23.2. The molecule has 0 saturated heterocycles. The summed E-state index contributed by atoms with van der Waals surface area (Å²) in [5, 5.41) is 8.21. The number of anilines is 2. The lowest BCUT2D eigenvalue weighted by molar-refractivity contribution is 0.0520. The van der Waals surface area contributed by atoms with Crippen molar-refractivity contribution in [1.29, 1.82) is 0 Å². The Labute approximate surface area is 185 Å². The Morgan fingerprint density at radius 1 is 1.13 bits per heavy atom. The molecule has 0 aliphatic carbocycles. The highest BCUT2D eigenvalue weighted by molar-refractivity contribution is 6.29. The van der Waals surface area contributed by atoms with Crippen LogP contribution in [0.1, 0.15) is 41.5 Å². The molecule has 2 amide bonds. The standard InChI is InChI=1S/C21H25ClN4O5/c1-21(2,3)31-20(29)25-11-16(27)12-7-6-8-14(18(12)30-5)26-15-9-17(22)24-10-13(15)19(28)23-4/h6-10H,11H2,1-5H3,(H,23,28)(H,24,26)(H,25,29). The Kier molecular flexibility index (Phi) is 7.82. The number of ketones is 1. The Balaban J connectivity index is 2.28. The number of Topliss-reactive ketones (excluding diaryl/α,β-unsaturated/α-hetero) is 1. The summed E-state index contributed by atoms with van der Waals surface area (Å²) in [7, 11) is 2.91. The summed E-state index contributed by atoms with van der Waals surface area (Å²) in [6.07, 6.45) is 0.645. The Bertz CT molecular complexity index is 988. The lowest BCUT2D eigenvalue weighted by atomic mass is 10.1. The van der Waals surface area contributed by atoms with Crippen LogP contribution in [0, 0.1) is 0 Å². The lowest BCUT2D eigenvalue weighted by Crippen LogP contribution is -2.35. The third-order valence-corrected chi connectivity index (χ3v) is 4.13. The molecule has 0 saturated carbocycles. The van der Waals surface area contributed by atoms with Crippen LogP contribution in [0.4, 0.5) is 16.2 Å². The van der Waals surface area contributed by atoms with Crippen LogP contribution in [-0.2, 0) is 4.74 Å². The van der Waals surface area contributed by atoms with Crippen molar-refractivity contribution in [1.82, 2.24) is 15.6 Å². The number of nitrogens with zero attached hydrogens (tertiary/aromatic N) is 1. The number of benzene rings is 1. The average molecular weight is 449 g/mol. The van der Waals surface area contributed by atoms with Gasteiger partial charge in [-0.25, -0.2) is 9.78 Å². The monoisotopic (exact) mass is 448 g/mol. The zero-order valence-electron chi connectivity index (χ0n) is 18.0. The normalized spacial score (nSPS) is 10.8. The number of hydrogen-bond acceptors (Lipinski definition) is 7. The van der Waals surface area contributed by atoms with Gasteiger partial charge in [0.15, 0.2) is 11.5 Å². The molecule has 10 heteroatoms. The van der Waals surface area contributed by atoms with Gasteiger partial charge in [0.1, 0.15) is 10.8 Å². The number of methoxy groups -OCH3 is 1. The fourth-order valence-corrected chi connectivity index (χ4v) is 2.79. The molecule has 31 heavy (non-hydrogen) atoms. The number of alkyl carbamates (subject to hydrolysis) is 1. The smallest absolute Gasteiger partial charge is 0.408 e. The van der Waals surface area contributed by atoms with Gasteiger partial charge in [-0.1, -0.05) is 17.7 Å². The van der Waals surface area contributed by atoms with E-state index in [1.54, 1.807) is 39.0 Å². The summed E-state index contributed by atoms with van der Waals surface area (Å²) in [5.41, 5.74) is 0.637. The minimum absolute atomic E-state index is 0.183. The van der Waals surface area contributed by atoms with E-state index in [0.29, 0.717) is 11.4 Å². The van der Waals surface area contributed by atoms with Crippen molar-refractivity contribution < 1.29 is 23.9 Å². The van der Waals surface area contributed by atoms with E-state index >= 15 is 0 Å². The van der Waals surface area contributed by atoms with Gasteiger partial charge >= 0.3 is 6.09 Å². The van der Waals surface area contributed by atoms with Crippen LogP contribution >= 0.6 is 11.6 Å². The van der Waals surface area contributed by atoms with E-state index in [2.05, 4.69) is 20.9 Å². The van der Waals surface area contributed by atoms with Crippen molar-refractivity contribution >= 4 is 40.8 Å². The van der Waals surface area contributed by atoms with Crippen LogP contribution in [0.15, 0.2) is 30.5 Å². The van der Waals surface area contributed by atoms with Crippen molar-refractivity contribution in [2.45, 2.75) is 26.4 Å². The summed E-state index contributed by atoms with van der Waals surface area (Å²) in [5.74, 6) is -0.501. The molecular weight excluding hydrogens is 424 g/mol. The van der Waals surface area contributed by atoms with Gasteiger partial charge in [-0.2, -0.15) is 0 Å². The molecule has 0 fully saturated rings. The molecule has 3 N–H and O–H groups in total. The summed E-state index contributed by atoms with van der Waals surface area (Å²) >= 11 is 5.98. The van der Waals surface area contributed by atoms with Gasteiger partial charge in [0.25, 0.3) is 5.91 Å². The maximum atomic E-state index is 12.7. The topological polar surface area (TPSA) is 119 Å². The van der Waals surface area contributed by atoms with Crippen LogP contribution in [0.3, 0.4) is 0 Å². The van der Waals surface area contributed by atoms with Crippen molar-refractivity contribution in [2.24, 2.45) is 0 Å². The third-order valence-electron chi connectivity index (χ3n) is 3.92. The molecule has 0 radical (unpaired) electrons. The fraction of sp³-hybridized carbons (Fsp3) is 0.333. The van der Waals surface area contributed by atoms with E-state index in [0.717, 1.165) is 0 Å². The van der Waals surface area contributed by atoms with Gasteiger partial charge in [-0.15, -0.1) is 0 Å². The van der Waals surface area contributed by atoms with Gasteiger partial charge in [-0.05, 0) is 39.0 Å². The minimum atomic E-state index is -0.698. The number of halogens is 1. The number of nitrogens with one attached hydrogen (secondary N) is 3. The van der Waals surface area contributed by atoms with Crippen LogP contribution < -0.4 is 20.7 Å². The van der Waals surface area contributed by atoms with E-state index in [1.807, 2.05) is 0 Å². The molecule has 0 aliphatic rings. The minimum Gasteiger partial charge on any atom is -0.494 e. The highest BCUT2D eigenvalue weighted by Gasteiger charge is 2.21. The van der Waals surface area contributed by atoms with E-state index in [-0.39, 0.29) is 40.3 Å². The molecule has 0 spiro atoms. The van der Waals surface area contributed by atoms with Crippen molar-refractivity contribution in [2.75, 3.05) is 26.0 Å². The van der Waals surface area contributed by atoms with Crippen molar-refractivity contribution in [3.05, 3.63) is 46.7 Å². The fourth-order valence-electron chi connectivity index (χ4n) is 2.63. The largest absolute Gasteiger partial charge is 0.494 e. The Morgan fingerprint density at radius 3 is 2.45 bits per heavy atom. The summed E-state index contributed by atoms with van der Waals surface area (Å²) in [6.45, 7) is 4.90. The second-order valence-electron chi connectivity index (χ2n) is 7.42. The number of amides is 2. The molecule has 2 aromatic rings. The molecular formula is C21H25ClN4O5. The predicted molar refractivity (Wildman–Crippen MR) is 117 cm³/mol. The molecule has 1 aromatic heterocycles. The van der Waals surface area contributed by atoms with Gasteiger partial charge in [0.05, 0.1) is 36.2 Å². The van der Waals surface area contributed by atoms with E-state index < -0.39 is 11.7 Å². The van der Waals surface area contributed by atoms with Gasteiger partial charge in [0, 0.05) is 13.2 Å². The second kappa shape index (κ2) is 10.1.